The van der Waals surface area contributed by atoms with Crippen LogP contribution in [0.25, 0.3) is 0 Å². The maximum Gasteiger partial charge on any atom is 0.341 e. The Morgan fingerprint density at radius 1 is 1.53 bits per heavy atom. The van der Waals surface area contributed by atoms with Gasteiger partial charge in [-0.1, -0.05) is 6.92 Å². The standard InChI is InChI=1S/C14H22N2O3/c1-3-16(11-4-7-15-8-5-11)10-13-12(6-9-19-13)14(17)18-2/h6,9,11,15H,3-5,7-8,10H2,1-2H3. The summed E-state index contributed by atoms with van der Waals surface area (Å²) < 4.78 is 10.2. The molecule has 0 unspecified atom stereocenters. The Hall–Kier alpha value is -1.33. The van der Waals surface area contributed by atoms with Crippen LogP contribution in [0, 0.1) is 0 Å². The summed E-state index contributed by atoms with van der Waals surface area (Å²) >= 11 is 0. The van der Waals surface area contributed by atoms with E-state index in [1.807, 2.05) is 0 Å². The SMILES string of the molecule is CCN(Cc1occc1C(=O)OC)C1CCNCC1. The number of ether oxygens (including phenoxy) is 1. The molecule has 1 aliphatic rings. The Kier molecular flexibility index (Phi) is 4.99. The molecule has 1 aliphatic heterocycles. The predicted octanol–water partition coefficient (Wildman–Crippen LogP) is 1.64. The van der Waals surface area contributed by atoms with Crippen molar-refractivity contribution in [2.24, 2.45) is 0 Å². The second kappa shape index (κ2) is 6.73. The van der Waals surface area contributed by atoms with E-state index in [-0.39, 0.29) is 5.97 Å². The number of nitrogens with one attached hydrogen (secondary N) is 1. The molecule has 5 heteroatoms. The van der Waals surface area contributed by atoms with Crippen LogP contribution < -0.4 is 5.32 Å². The van der Waals surface area contributed by atoms with E-state index in [0.29, 0.717) is 23.9 Å². The van der Waals surface area contributed by atoms with Gasteiger partial charge in [0.2, 0.25) is 0 Å². The van der Waals surface area contributed by atoms with Gasteiger partial charge in [0.15, 0.2) is 0 Å². The van der Waals surface area contributed by atoms with Gasteiger partial charge in [0.1, 0.15) is 11.3 Å². The first-order chi connectivity index (χ1) is 9.26. The lowest BCUT2D eigenvalue weighted by Gasteiger charge is -2.33. The fourth-order valence-corrected chi connectivity index (χ4v) is 2.61. The van der Waals surface area contributed by atoms with E-state index in [1.165, 1.54) is 7.11 Å². The molecule has 1 aromatic heterocycles. The molecule has 1 aromatic rings. The van der Waals surface area contributed by atoms with Gasteiger partial charge >= 0.3 is 5.97 Å². The second-order valence-corrected chi connectivity index (χ2v) is 4.79. The molecular weight excluding hydrogens is 244 g/mol. The first-order valence-electron chi connectivity index (χ1n) is 6.85. The molecule has 0 bridgehead atoms. The molecule has 0 aliphatic carbocycles. The van der Waals surface area contributed by atoms with E-state index < -0.39 is 0 Å². The zero-order valence-corrected chi connectivity index (χ0v) is 11.6. The monoisotopic (exact) mass is 266 g/mol. The van der Waals surface area contributed by atoms with Crippen molar-refractivity contribution in [2.45, 2.75) is 32.4 Å². The van der Waals surface area contributed by atoms with E-state index in [2.05, 4.69) is 17.1 Å². The average molecular weight is 266 g/mol. The summed E-state index contributed by atoms with van der Waals surface area (Å²) in [6.45, 7) is 5.87. The molecule has 0 atom stereocenters. The topological polar surface area (TPSA) is 54.7 Å². The molecule has 1 fully saturated rings. The molecule has 19 heavy (non-hydrogen) atoms. The van der Waals surface area contributed by atoms with Crippen LogP contribution >= 0.6 is 0 Å². The highest BCUT2D eigenvalue weighted by atomic mass is 16.5. The lowest BCUT2D eigenvalue weighted by molar-refractivity contribution is 0.0594. The molecule has 0 saturated carbocycles. The lowest BCUT2D eigenvalue weighted by atomic mass is 10.0. The number of piperidine rings is 1. The molecule has 0 aromatic carbocycles. The van der Waals surface area contributed by atoms with Crippen molar-refractivity contribution in [3.05, 3.63) is 23.7 Å². The van der Waals surface area contributed by atoms with Crippen molar-refractivity contribution in [3.63, 3.8) is 0 Å². The van der Waals surface area contributed by atoms with Crippen molar-refractivity contribution in [3.8, 4) is 0 Å². The zero-order valence-electron chi connectivity index (χ0n) is 11.6. The van der Waals surface area contributed by atoms with Gasteiger partial charge in [-0.3, -0.25) is 4.90 Å². The van der Waals surface area contributed by atoms with Crippen LogP contribution in [0.15, 0.2) is 16.7 Å². The number of carbonyl (C=O) groups excluding carboxylic acids is 1. The Morgan fingerprint density at radius 3 is 2.89 bits per heavy atom. The van der Waals surface area contributed by atoms with Gasteiger partial charge in [0.25, 0.3) is 0 Å². The third kappa shape index (κ3) is 3.36. The Balaban J connectivity index is 2.05. The number of hydrogen-bond acceptors (Lipinski definition) is 5. The maximum atomic E-state index is 11.6. The Bertz CT molecular complexity index is 411. The number of nitrogens with zero attached hydrogens (tertiary/aromatic N) is 1. The van der Waals surface area contributed by atoms with E-state index in [4.69, 9.17) is 9.15 Å². The fourth-order valence-electron chi connectivity index (χ4n) is 2.61. The lowest BCUT2D eigenvalue weighted by Crippen LogP contribution is -2.42. The second-order valence-electron chi connectivity index (χ2n) is 4.79. The van der Waals surface area contributed by atoms with Crippen molar-refractivity contribution in [1.82, 2.24) is 10.2 Å². The van der Waals surface area contributed by atoms with Gasteiger partial charge in [-0.05, 0) is 38.5 Å². The van der Waals surface area contributed by atoms with Crippen molar-refractivity contribution < 1.29 is 13.9 Å². The summed E-state index contributed by atoms with van der Waals surface area (Å²) in [5, 5.41) is 3.37. The molecule has 1 saturated heterocycles. The van der Waals surface area contributed by atoms with Crippen LogP contribution in [-0.4, -0.2) is 43.7 Å². The highest BCUT2D eigenvalue weighted by molar-refractivity contribution is 5.90. The fraction of sp³-hybridized carbons (Fsp3) is 0.643. The summed E-state index contributed by atoms with van der Waals surface area (Å²) in [5.74, 6) is 0.373. The van der Waals surface area contributed by atoms with Crippen LogP contribution in [0.3, 0.4) is 0 Å². The molecule has 1 N–H and O–H groups in total. The predicted molar refractivity (Wildman–Crippen MR) is 72.0 cm³/mol. The van der Waals surface area contributed by atoms with E-state index in [1.54, 1.807) is 12.3 Å². The largest absolute Gasteiger partial charge is 0.467 e. The van der Waals surface area contributed by atoms with Gasteiger partial charge < -0.3 is 14.5 Å². The van der Waals surface area contributed by atoms with Crippen LogP contribution in [0.5, 0.6) is 0 Å². The number of hydrogen-bond donors (Lipinski definition) is 1. The third-order valence-electron chi connectivity index (χ3n) is 3.73. The van der Waals surface area contributed by atoms with Crippen LogP contribution in [0.1, 0.15) is 35.9 Å². The van der Waals surface area contributed by atoms with E-state index >= 15 is 0 Å². The Morgan fingerprint density at radius 2 is 2.26 bits per heavy atom. The van der Waals surface area contributed by atoms with Crippen molar-refractivity contribution in [1.29, 1.82) is 0 Å². The highest BCUT2D eigenvalue weighted by Gasteiger charge is 2.23. The van der Waals surface area contributed by atoms with Crippen molar-refractivity contribution in [2.75, 3.05) is 26.7 Å². The summed E-state index contributed by atoms with van der Waals surface area (Å²) in [4.78, 5) is 14.0. The number of carbonyl (C=O) groups is 1. The number of furan rings is 1. The number of esters is 1. The van der Waals surface area contributed by atoms with Gasteiger partial charge in [0, 0.05) is 6.04 Å². The average Bonchev–Trinajstić information content (AvgIpc) is 2.93. The molecule has 0 radical (unpaired) electrons. The minimum atomic E-state index is -0.329. The summed E-state index contributed by atoms with van der Waals surface area (Å²) in [6, 6.07) is 2.24. The molecular formula is C14H22N2O3. The maximum absolute atomic E-state index is 11.6. The molecule has 2 heterocycles. The summed E-state index contributed by atoms with van der Waals surface area (Å²) in [6.07, 6.45) is 3.84. The summed E-state index contributed by atoms with van der Waals surface area (Å²) in [5.41, 5.74) is 0.537. The molecule has 106 valence electrons. The third-order valence-corrected chi connectivity index (χ3v) is 3.73. The quantitative estimate of drug-likeness (QED) is 0.821. The minimum Gasteiger partial charge on any atom is -0.467 e. The first-order valence-corrected chi connectivity index (χ1v) is 6.85. The first kappa shape index (κ1) is 14.1. The van der Waals surface area contributed by atoms with Gasteiger partial charge in [-0.2, -0.15) is 0 Å². The minimum absolute atomic E-state index is 0.329. The van der Waals surface area contributed by atoms with E-state index in [0.717, 1.165) is 32.5 Å². The summed E-state index contributed by atoms with van der Waals surface area (Å²) in [7, 11) is 1.39. The van der Waals surface area contributed by atoms with Gasteiger partial charge in [0.05, 0.1) is 19.9 Å². The van der Waals surface area contributed by atoms with Crippen LogP contribution in [0.4, 0.5) is 0 Å². The normalized spacial score (nSPS) is 16.8. The number of methoxy groups -OCH3 is 1. The van der Waals surface area contributed by atoms with Gasteiger partial charge in [-0.15, -0.1) is 0 Å². The van der Waals surface area contributed by atoms with Gasteiger partial charge in [-0.25, -0.2) is 4.79 Å². The molecule has 0 amide bonds. The molecule has 5 nitrogen and oxygen atoms in total. The number of rotatable bonds is 5. The van der Waals surface area contributed by atoms with Crippen LogP contribution in [-0.2, 0) is 11.3 Å². The van der Waals surface area contributed by atoms with Crippen LogP contribution in [0.2, 0.25) is 0 Å². The van der Waals surface area contributed by atoms with E-state index in [9.17, 15) is 4.79 Å². The molecule has 2 rings (SSSR count). The zero-order chi connectivity index (χ0) is 13.7. The highest BCUT2D eigenvalue weighted by Crippen LogP contribution is 2.19. The molecule has 0 spiro atoms. The smallest absolute Gasteiger partial charge is 0.341 e. The van der Waals surface area contributed by atoms with Crippen molar-refractivity contribution >= 4 is 5.97 Å². The Labute approximate surface area is 113 Å².